The summed E-state index contributed by atoms with van der Waals surface area (Å²) in [6.07, 6.45) is 4.48. The normalized spacial score (nSPS) is 18.8. The van der Waals surface area contributed by atoms with Crippen LogP contribution in [0.2, 0.25) is 5.02 Å². The predicted molar refractivity (Wildman–Crippen MR) is 532 cm³/mol. The number of hydrogen-bond acceptors (Lipinski definition) is 27. The number of anilines is 6. The Morgan fingerprint density at radius 2 is 0.859 bits per heavy atom. The van der Waals surface area contributed by atoms with Crippen molar-refractivity contribution < 1.29 is 60.4 Å². The molecule has 5 saturated heterocycles. The summed E-state index contributed by atoms with van der Waals surface area (Å²) in [5.74, 6) is -1.23. The number of nitrogens with one attached hydrogen (secondary N) is 3. The first-order chi connectivity index (χ1) is 68.5. The molecule has 7 N–H and O–H groups in total. The zero-order valence-electron chi connectivity index (χ0n) is 78.8. The molecule has 7 aromatic carbocycles. The van der Waals surface area contributed by atoms with E-state index < -0.39 is 42.7 Å². The number of fused-ring (bicyclic) bond motifs is 7. The van der Waals surface area contributed by atoms with Crippen molar-refractivity contribution in [2.45, 2.75) is 175 Å². The van der Waals surface area contributed by atoms with Gasteiger partial charge in [0.05, 0.1) is 40.8 Å². The number of pyridine rings is 3. The Morgan fingerprint density at radius 1 is 0.458 bits per heavy atom. The van der Waals surface area contributed by atoms with Crippen LogP contribution in [-0.4, -0.2) is 189 Å². The van der Waals surface area contributed by atoms with Crippen LogP contribution in [0.3, 0.4) is 0 Å². The second kappa shape index (κ2) is 41.8. The molecule has 0 amide bonds. The number of hydrogen-bond donors (Lipinski definition) is 7. The third-order valence-corrected chi connectivity index (χ3v) is 29.5. The maximum Gasteiger partial charge on any atom is 0.307 e. The van der Waals surface area contributed by atoms with Crippen molar-refractivity contribution in [3.63, 3.8) is 0 Å². The summed E-state index contributed by atoms with van der Waals surface area (Å²) < 4.78 is 95.4. The number of aliphatic hydroxyl groups excluding tert-OH is 3. The lowest BCUT2D eigenvalue weighted by molar-refractivity contribution is -0.141. The number of benzene rings is 7. The van der Waals surface area contributed by atoms with Crippen LogP contribution in [0, 0.1) is 70.1 Å². The molecular weight excluding hydrogens is 1910 g/mol. The molecule has 22 rings (SSSR count). The van der Waals surface area contributed by atoms with Gasteiger partial charge in [0.1, 0.15) is 50.8 Å². The highest BCUT2D eigenvalue weighted by molar-refractivity contribution is 9.10. The van der Waals surface area contributed by atoms with Gasteiger partial charge in [-0.05, 0) is 282 Å². The highest BCUT2D eigenvalue weighted by Gasteiger charge is 2.40. The number of nitriles is 2. The Bertz CT molecular complexity index is 7300. The van der Waals surface area contributed by atoms with Crippen LogP contribution >= 0.6 is 27.5 Å². The highest BCUT2D eigenvalue weighted by Crippen LogP contribution is 2.48. The lowest BCUT2D eigenvalue weighted by Crippen LogP contribution is -2.26. The molecule has 0 spiro atoms. The van der Waals surface area contributed by atoms with Crippen molar-refractivity contribution in [1.82, 2.24) is 79.3 Å². The average Bonchev–Trinajstić information content (AvgIpc) is 1.60. The van der Waals surface area contributed by atoms with Crippen LogP contribution in [0.1, 0.15) is 184 Å². The van der Waals surface area contributed by atoms with Crippen molar-refractivity contribution in [1.29, 1.82) is 10.5 Å². The van der Waals surface area contributed by atoms with Crippen LogP contribution in [0.4, 0.5) is 60.9 Å². The fourth-order valence-electron chi connectivity index (χ4n) is 20.6. The van der Waals surface area contributed by atoms with Gasteiger partial charge in [0.15, 0.2) is 46.1 Å². The zero-order valence-corrected chi connectivity index (χ0v) is 81.2. The van der Waals surface area contributed by atoms with Crippen LogP contribution in [0.5, 0.6) is 0 Å². The van der Waals surface area contributed by atoms with E-state index in [4.69, 9.17) is 30.4 Å². The van der Waals surface area contributed by atoms with E-state index in [0.717, 1.165) is 170 Å². The molecule has 0 radical (unpaired) electrons. The fourth-order valence-corrected chi connectivity index (χ4v) is 21.1. The van der Waals surface area contributed by atoms with Gasteiger partial charge in [-0.25, -0.2) is 66.2 Å². The van der Waals surface area contributed by atoms with Crippen LogP contribution in [0.15, 0.2) is 153 Å². The van der Waals surface area contributed by atoms with E-state index in [1.807, 2.05) is 120 Å². The topological polar surface area (TPSA) is 366 Å². The Kier molecular flexibility index (Phi) is 28.7. The molecule has 730 valence electrons. The molecule has 13 heterocycles. The number of likely N-dealkylation sites (tertiary alicyclic amines) is 5. The largest absolute Gasteiger partial charge is 0.481 e. The van der Waals surface area contributed by atoms with Crippen molar-refractivity contribution in [3.8, 4) is 46.2 Å². The van der Waals surface area contributed by atoms with E-state index in [0.29, 0.717) is 167 Å². The number of carbonyl (C=O) groups is 1. The molecule has 0 unspecified atom stereocenters. The molecule has 5 fully saturated rings. The SMILES string of the molecule is Cc1c(Br)cccc1-c1nc2cc3c(c(C#N)c2o1)CC[C@H]3N1CCCC1.Cc1c(Cl)cccc1Nc1nc(C(F)F)nc2cc(CN3CC[C@@H](O)C3)cnc12.Cc1c(Nc2nc(C(F)F)nc3cc(CN4CC[C@@H](O)C4)cnc23)cccc1-c1cccc(-c2nc3cc4c(c(C#N)c3o2)CC[C@H]4N2CC[C@@H](C(=O)O)C2)c1C.Cc1cccc(Nc2nc(C(F)F)nc3cc(CN4CC[C@@H](O)C4)cnc23)c1C. The van der Waals surface area contributed by atoms with E-state index in [2.05, 4.69) is 119 Å². The van der Waals surface area contributed by atoms with Gasteiger partial charge in [-0.2, -0.15) is 10.5 Å². The number of carboxylic acid groups (broad SMARTS) is 1. The zero-order chi connectivity index (χ0) is 99.2. The summed E-state index contributed by atoms with van der Waals surface area (Å²) in [4.78, 5) is 70.4. The van der Waals surface area contributed by atoms with Gasteiger partial charge in [0, 0.05) is 134 Å². The van der Waals surface area contributed by atoms with E-state index in [-0.39, 0.29) is 47.7 Å². The molecule has 142 heavy (non-hydrogen) atoms. The minimum Gasteiger partial charge on any atom is -0.481 e. The average molecular weight is 2010 g/mol. The number of aryl methyl sites for hydroxylation is 1. The summed E-state index contributed by atoms with van der Waals surface area (Å²) in [5.41, 5.74) is 24.1. The molecule has 8 aromatic heterocycles. The quantitative estimate of drug-likeness (QED) is 0.0329. The van der Waals surface area contributed by atoms with Gasteiger partial charge in [-0.1, -0.05) is 76.1 Å². The molecule has 0 saturated carbocycles. The van der Waals surface area contributed by atoms with Crippen molar-refractivity contribution >= 4 is 123 Å². The molecule has 2 aliphatic carbocycles. The number of aromatic nitrogens is 11. The monoisotopic (exact) mass is 2010 g/mol. The fraction of sp³-hybridized carbons (Fsp3) is 0.358. The molecule has 36 heteroatoms. The number of carboxylic acids is 1. The predicted octanol–water partition coefficient (Wildman–Crippen LogP) is 21.3. The minimum atomic E-state index is -2.89. The van der Waals surface area contributed by atoms with E-state index in [1.165, 1.54) is 18.4 Å². The molecule has 0 bridgehead atoms. The molecule has 28 nitrogen and oxygen atoms in total. The van der Waals surface area contributed by atoms with E-state index >= 15 is 0 Å². The number of halogens is 8. The van der Waals surface area contributed by atoms with Gasteiger partial charge in [0.2, 0.25) is 11.8 Å². The molecule has 5 aliphatic heterocycles. The number of β-amino-alcohol motifs (C(OH)–C–C–N with tert-alkyl or cyclic N) is 3. The van der Waals surface area contributed by atoms with Gasteiger partial charge in [0.25, 0.3) is 19.3 Å². The first-order valence-corrected chi connectivity index (χ1v) is 48.8. The van der Waals surface area contributed by atoms with Crippen LogP contribution in [0.25, 0.3) is 89.3 Å². The number of oxazole rings is 2. The first-order valence-electron chi connectivity index (χ1n) is 47.6. The summed E-state index contributed by atoms with van der Waals surface area (Å²) >= 11 is 9.74. The van der Waals surface area contributed by atoms with E-state index in [1.54, 1.807) is 55.0 Å². The smallest absolute Gasteiger partial charge is 0.307 e. The third kappa shape index (κ3) is 20.5. The van der Waals surface area contributed by atoms with E-state index in [9.17, 15) is 62.1 Å². The third-order valence-electron chi connectivity index (χ3n) is 28.2. The molecule has 6 atom stereocenters. The minimum absolute atomic E-state index is 0.0288. The second-order valence-corrected chi connectivity index (χ2v) is 38.8. The Morgan fingerprint density at radius 3 is 1.29 bits per heavy atom. The summed E-state index contributed by atoms with van der Waals surface area (Å²) in [5, 5.41) is 69.2. The molecular formula is C106H103BrClF6N21O7. The maximum absolute atomic E-state index is 14.1. The lowest BCUT2D eigenvalue weighted by atomic mass is 9.93. The maximum atomic E-state index is 14.1. The number of nitrogens with zero attached hydrogens (tertiary/aromatic N) is 18. The Labute approximate surface area is 827 Å². The number of alkyl halides is 6. The Hall–Kier alpha value is -13.2. The van der Waals surface area contributed by atoms with Gasteiger partial charge >= 0.3 is 5.97 Å². The number of aliphatic hydroxyl groups is 3. The first kappa shape index (κ1) is 97.6. The van der Waals surface area contributed by atoms with Gasteiger partial charge in [-0.3, -0.25) is 44.2 Å². The lowest BCUT2D eigenvalue weighted by Gasteiger charge is -2.24. The summed E-state index contributed by atoms with van der Waals surface area (Å²) in [7, 11) is 0. The van der Waals surface area contributed by atoms with Crippen molar-refractivity contribution in [2.75, 3.05) is 81.4 Å². The summed E-state index contributed by atoms with van der Waals surface area (Å²) in [6, 6.07) is 43.4. The van der Waals surface area contributed by atoms with Crippen LogP contribution in [-0.2, 0) is 37.3 Å². The second-order valence-electron chi connectivity index (χ2n) is 37.5. The number of aliphatic carboxylic acids is 1. The number of rotatable bonds is 21. The van der Waals surface area contributed by atoms with Crippen molar-refractivity contribution in [2.24, 2.45) is 5.92 Å². The summed E-state index contributed by atoms with van der Waals surface area (Å²) in [6.45, 7) is 21.0. The van der Waals surface area contributed by atoms with Crippen molar-refractivity contribution in [3.05, 3.63) is 250 Å². The Balaban J connectivity index is 0.000000128. The van der Waals surface area contributed by atoms with Gasteiger partial charge < -0.3 is 45.2 Å². The molecule has 15 aromatic rings. The standard InChI is InChI=1S/C43H40F2N8O4.C22H20BrN3O.C21H23F2N5O.C20H20ClF2N5O/c1-22-27(5-3-7-29(22)42-50-35-16-31-30(32(17-46)38(35)57-42)9-10-36(31)53-14-11-25(20-53)43(55)56)28-6-4-8-33(23(28)2)48-40-37-34(49-41(51-40)39(44)45)15-24(18-47-37)19-52-13-12-26(54)21-52;1-13-14(5-4-6-18(13)23)22-25-19-11-16-15(17(12-24)21(19)27-22)7-8-20(16)26-9-2-3-10-26;1-12-4-3-5-16(13(12)2)25-20-18-17(26-21(27-20)19(22)23)8-14(9-24-18)10-28-7-6-15(29)11-28;1-11-14(21)3-2-4-15(11)25-19-17-16(26-20(27-19)18(22)23)7-12(8-24-17)9-28-6-5-13(29)10-28/h3-8,15-16,18,25-26,36,39,54H,9-14,19-21H2,1-2H3,(H,55,56)(H,48,49,51);4-6,11,20H,2-3,7-10H2,1H3;3-5,8-9,15,19,29H,6-7,10-11H2,1-2H3,(H,25,26,27);2-4,7-8,13,18,29H,5-6,9-10H2,1H3,(H,25,26,27)/t25-,26-,36-;20-;15-;13-/m1111/s1. The molecule has 7 aliphatic rings. The highest BCUT2D eigenvalue weighted by atomic mass is 79.9. The van der Waals surface area contributed by atoms with Gasteiger partial charge in [-0.15, -0.1) is 0 Å². The van der Waals surface area contributed by atoms with Crippen LogP contribution < -0.4 is 16.0 Å².